The van der Waals surface area contributed by atoms with Gasteiger partial charge in [-0.2, -0.15) is 0 Å². The molecule has 17 heavy (non-hydrogen) atoms. The average molecular weight is 247 g/mol. The van der Waals surface area contributed by atoms with Crippen LogP contribution in [-0.2, 0) is 9.47 Å². The van der Waals surface area contributed by atoms with Crippen molar-refractivity contribution in [3.63, 3.8) is 0 Å². The standard InChI is InChI=1S/C10H25N5O2/c1-15(2)6-9-17-8-5-13-10(14-11)12-4-7-16-3/h4-9,11H2,1-3H3,(H2,12,13,14). The fourth-order valence-corrected chi connectivity index (χ4v) is 0.995. The Morgan fingerprint density at radius 2 is 2.06 bits per heavy atom. The number of guanidine groups is 1. The first kappa shape index (κ1) is 16.1. The van der Waals surface area contributed by atoms with Crippen LogP contribution in [0.15, 0.2) is 4.99 Å². The van der Waals surface area contributed by atoms with Gasteiger partial charge in [0.25, 0.3) is 0 Å². The number of likely N-dealkylation sites (N-methyl/N-ethyl adjacent to an activating group) is 1. The van der Waals surface area contributed by atoms with Crippen LogP contribution in [0.1, 0.15) is 0 Å². The van der Waals surface area contributed by atoms with Crippen LogP contribution in [0.3, 0.4) is 0 Å². The summed E-state index contributed by atoms with van der Waals surface area (Å²) in [6, 6.07) is 0. The molecule has 0 atom stereocenters. The van der Waals surface area contributed by atoms with Gasteiger partial charge in [-0.3, -0.25) is 5.43 Å². The van der Waals surface area contributed by atoms with Crippen molar-refractivity contribution in [1.29, 1.82) is 0 Å². The summed E-state index contributed by atoms with van der Waals surface area (Å²) in [4.78, 5) is 6.28. The van der Waals surface area contributed by atoms with Crippen molar-refractivity contribution in [3.05, 3.63) is 0 Å². The summed E-state index contributed by atoms with van der Waals surface area (Å²) >= 11 is 0. The lowest BCUT2D eigenvalue weighted by atomic mass is 10.6. The van der Waals surface area contributed by atoms with Gasteiger partial charge in [-0.1, -0.05) is 0 Å². The van der Waals surface area contributed by atoms with Gasteiger partial charge in [0, 0.05) is 20.2 Å². The molecular weight excluding hydrogens is 222 g/mol. The number of hydrazine groups is 1. The van der Waals surface area contributed by atoms with E-state index in [-0.39, 0.29) is 0 Å². The fraction of sp³-hybridized carbons (Fsp3) is 0.900. The Kier molecular flexibility index (Phi) is 11.0. The Bertz CT molecular complexity index is 199. The summed E-state index contributed by atoms with van der Waals surface area (Å²) in [5.41, 5.74) is 2.49. The third-order valence-electron chi connectivity index (χ3n) is 1.92. The molecule has 0 aliphatic carbocycles. The second-order valence-corrected chi connectivity index (χ2v) is 3.71. The zero-order valence-electron chi connectivity index (χ0n) is 11.0. The van der Waals surface area contributed by atoms with Crippen LogP contribution in [0, 0.1) is 0 Å². The SMILES string of the molecule is COCCNC(=NCCOCCN(C)C)NN. The summed E-state index contributed by atoms with van der Waals surface area (Å²) in [7, 11) is 5.67. The van der Waals surface area contributed by atoms with E-state index in [1.54, 1.807) is 7.11 Å². The number of nitrogens with two attached hydrogens (primary N) is 1. The molecule has 0 saturated heterocycles. The Morgan fingerprint density at radius 1 is 1.29 bits per heavy atom. The molecule has 0 rings (SSSR count). The minimum Gasteiger partial charge on any atom is -0.383 e. The Balaban J connectivity index is 3.50. The minimum atomic E-state index is 0.554. The lowest BCUT2D eigenvalue weighted by Crippen LogP contribution is -2.43. The second-order valence-electron chi connectivity index (χ2n) is 3.71. The van der Waals surface area contributed by atoms with Crippen LogP contribution in [0.25, 0.3) is 0 Å². The summed E-state index contributed by atoms with van der Waals surface area (Å²) in [6.45, 7) is 4.07. The molecule has 0 amide bonds. The highest BCUT2D eigenvalue weighted by Crippen LogP contribution is 1.80. The van der Waals surface area contributed by atoms with E-state index in [1.807, 2.05) is 14.1 Å². The lowest BCUT2D eigenvalue weighted by molar-refractivity contribution is 0.124. The number of hydrogen-bond donors (Lipinski definition) is 3. The van der Waals surface area contributed by atoms with Crippen molar-refractivity contribution in [2.24, 2.45) is 10.8 Å². The van der Waals surface area contributed by atoms with Crippen molar-refractivity contribution in [2.75, 3.05) is 60.7 Å². The number of aliphatic imine (C=N–C) groups is 1. The molecule has 0 saturated carbocycles. The third kappa shape index (κ3) is 11.4. The first-order valence-electron chi connectivity index (χ1n) is 5.67. The van der Waals surface area contributed by atoms with Crippen molar-refractivity contribution < 1.29 is 9.47 Å². The zero-order chi connectivity index (χ0) is 12.9. The Hall–Kier alpha value is -0.890. The lowest BCUT2D eigenvalue weighted by Gasteiger charge is -2.10. The summed E-state index contributed by atoms with van der Waals surface area (Å²) in [5.74, 6) is 5.86. The number of nitrogens with zero attached hydrogens (tertiary/aromatic N) is 2. The van der Waals surface area contributed by atoms with Crippen LogP contribution in [-0.4, -0.2) is 71.5 Å². The highest BCUT2D eigenvalue weighted by molar-refractivity contribution is 5.79. The van der Waals surface area contributed by atoms with E-state index in [1.165, 1.54) is 0 Å². The smallest absolute Gasteiger partial charge is 0.205 e. The molecule has 0 aliphatic rings. The quantitative estimate of drug-likeness (QED) is 0.153. The van der Waals surface area contributed by atoms with Crippen LogP contribution in [0.4, 0.5) is 0 Å². The highest BCUT2D eigenvalue weighted by atomic mass is 16.5. The predicted octanol–water partition coefficient (Wildman–Crippen LogP) is -1.38. The maximum absolute atomic E-state index is 5.40. The maximum atomic E-state index is 5.40. The number of methoxy groups -OCH3 is 1. The van der Waals surface area contributed by atoms with Crippen LogP contribution in [0.5, 0.6) is 0 Å². The van der Waals surface area contributed by atoms with E-state index in [2.05, 4.69) is 20.6 Å². The normalized spacial score (nSPS) is 11.9. The van der Waals surface area contributed by atoms with Crippen molar-refractivity contribution >= 4 is 5.96 Å². The molecule has 0 aromatic carbocycles. The van der Waals surface area contributed by atoms with Crippen LogP contribution >= 0.6 is 0 Å². The van der Waals surface area contributed by atoms with E-state index in [9.17, 15) is 0 Å². The van der Waals surface area contributed by atoms with Gasteiger partial charge in [0.05, 0.1) is 26.4 Å². The molecule has 7 nitrogen and oxygen atoms in total. The highest BCUT2D eigenvalue weighted by Gasteiger charge is 1.94. The van der Waals surface area contributed by atoms with Gasteiger partial charge in [0.15, 0.2) is 0 Å². The molecule has 0 heterocycles. The summed E-state index contributed by atoms with van der Waals surface area (Å²) in [5, 5.41) is 3.00. The van der Waals surface area contributed by atoms with Crippen molar-refractivity contribution in [3.8, 4) is 0 Å². The molecule has 0 bridgehead atoms. The molecular formula is C10H25N5O2. The monoisotopic (exact) mass is 247 g/mol. The molecule has 7 heteroatoms. The molecule has 0 aromatic rings. The molecule has 0 unspecified atom stereocenters. The predicted molar refractivity (Wildman–Crippen MR) is 68.9 cm³/mol. The molecule has 0 radical (unpaired) electrons. The topological polar surface area (TPSA) is 84.1 Å². The summed E-state index contributed by atoms with van der Waals surface area (Å²) in [6.07, 6.45) is 0. The first-order valence-corrected chi connectivity index (χ1v) is 5.67. The van der Waals surface area contributed by atoms with Gasteiger partial charge >= 0.3 is 0 Å². The Morgan fingerprint density at radius 3 is 2.65 bits per heavy atom. The van der Waals surface area contributed by atoms with Gasteiger partial charge in [-0.15, -0.1) is 0 Å². The van der Waals surface area contributed by atoms with Crippen molar-refractivity contribution in [1.82, 2.24) is 15.6 Å². The number of rotatable bonds is 9. The van der Waals surface area contributed by atoms with E-state index in [4.69, 9.17) is 15.3 Å². The number of nitrogens with one attached hydrogen (secondary N) is 2. The van der Waals surface area contributed by atoms with E-state index < -0.39 is 0 Å². The fourth-order valence-electron chi connectivity index (χ4n) is 0.995. The van der Waals surface area contributed by atoms with Gasteiger partial charge in [-0.25, -0.2) is 10.8 Å². The van der Waals surface area contributed by atoms with Crippen molar-refractivity contribution in [2.45, 2.75) is 0 Å². The molecule has 102 valence electrons. The van der Waals surface area contributed by atoms with E-state index in [0.717, 1.165) is 6.54 Å². The first-order chi connectivity index (χ1) is 8.20. The van der Waals surface area contributed by atoms with Gasteiger partial charge in [-0.05, 0) is 14.1 Å². The van der Waals surface area contributed by atoms with E-state index >= 15 is 0 Å². The second kappa shape index (κ2) is 11.6. The number of hydrogen-bond acceptors (Lipinski definition) is 5. The van der Waals surface area contributed by atoms with Gasteiger partial charge < -0.3 is 19.7 Å². The van der Waals surface area contributed by atoms with Gasteiger partial charge in [0.2, 0.25) is 5.96 Å². The molecule has 4 N–H and O–H groups in total. The number of ether oxygens (including phenoxy) is 2. The molecule has 0 spiro atoms. The molecule has 0 aliphatic heterocycles. The summed E-state index contributed by atoms with van der Waals surface area (Å²) < 4.78 is 10.3. The zero-order valence-corrected chi connectivity index (χ0v) is 11.0. The van der Waals surface area contributed by atoms with Crippen LogP contribution in [0.2, 0.25) is 0 Å². The molecule has 0 fully saturated rings. The molecule has 0 aromatic heterocycles. The minimum absolute atomic E-state index is 0.554. The largest absolute Gasteiger partial charge is 0.383 e. The third-order valence-corrected chi connectivity index (χ3v) is 1.92. The van der Waals surface area contributed by atoms with E-state index in [0.29, 0.717) is 38.9 Å². The Labute approximate surface area is 103 Å². The van der Waals surface area contributed by atoms with Gasteiger partial charge in [0.1, 0.15) is 0 Å². The van der Waals surface area contributed by atoms with Crippen LogP contribution < -0.4 is 16.6 Å². The average Bonchev–Trinajstić information content (AvgIpc) is 2.31. The maximum Gasteiger partial charge on any atom is 0.205 e.